The third-order valence-electron chi connectivity index (χ3n) is 4.10. The van der Waals surface area contributed by atoms with Crippen molar-refractivity contribution in [1.82, 2.24) is 4.57 Å². The van der Waals surface area contributed by atoms with Crippen molar-refractivity contribution in [2.45, 2.75) is 41.9 Å². The number of hydrogen-bond acceptors (Lipinski definition) is 5. The van der Waals surface area contributed by atoms with E-state index in [0.29, 0.717) is 20.3 Å². The molecule has 1 heterocycles. The molecule has 3 aromatic rings. The number of rotatable bonds is 6. The highest BCUT2D eigenvalue weighted by Crippen LogP contribution is 2.23. The first-order valence-electron chi connectivity index (χ1n) is 9.10. The van der Waals surface area contributed by atoms with E-state index in [2.05, 4.69) is 24.8 Å². The lowest BCUT2D eigenvalue weighted by molar-refractivity contribution is -0.117. The molecule has 2 aromatic carbocycles. The number of sulfonamides is 1. The van der Waals surface area contributed by atoms with E-state index in [1.54, 1.807) is 22.4 Å². The van der Waals surface area contributed by atoms with Crippen molar-refractivity contribution in [1.29, 1.82) is 0 Å². The highest BCUT2D eigenvalue weighted by Gasteiger charge is 2.13. The first-order valence-corrected chi connectivity index (χ1v) is 12.3. The number of thiazole rings is 1. The van der Waals surface area contributed by atoms with Crippen molar-refractivity contribution in [2.75, 3.05) is 0 Å². The zero-order chi connectivity index (χ0) is 21.9. The first kappa shape index (κ1) is 22.3. The average Bonchev–Trinajstić information content (AvgIpc) is 2.99. The Morgan fingerprint density at radius 1 is 1.27 bits per heavy atom. The fourth-order valence-corrected chi connectivity index (χ4v) is 5.38. The minimum atomic E-state index is -3.83. The largest absolute Gasteiger partial charge is 0.305 e. The second-order valence-electron chi connectivity index (χ2n) is 6.84. The molecule has 3 rings (SSSR count). The Bertz CT molecular complexity index is 1300. The zero-order valence-electron chi connectivity index (χ0n) is 16.5. The molecule has 1 amide bonds. The molecule has 0 bridgehead atoms. The van der Waals surface area contributed by atoms with Crippen molar-refractivity contribution in [2.24, 2.45) is 10.1 Å². The molecule has 0 aliphatic heterocycles. The van der Waals surface area contributed by atoms with Gasteiger partial charge in [-0.05, 0) is 35.9 Å². The molecule has 0 aliphatic rings. The van der Waals surface area contributed by atoms with Gasteiger partial charge in [-0.2, -0.15) is 4.99 Å². The van der Waals surface area contributed by atoms with E-state index < -0.39 is 10.0 Å². The summed E-state index contributed by atoms with van der Waals surface area (Å²) in [5.41, 5.74) is 1.57. The number of terminal acetylenes is 1. The molecule has 0 radical (unpaired) electrons. The van der Waals surface area contributed by atoms with E-state index in [1.807, 2.05) is 24.3 Å². The van der Waals surface area contributed by atoms with Crippen molar-refractivity contribution in [3.05, 3.63) is 52.8 Å². The zero-order valence-corrected chi connectivity index (χ0v) is 19.0. The maximum atomic E-state index is 12.6. The number of benzene rings is 2. The second-order valence-corrected chi connectivity index (χ2v) is 11.1. The minimum Gasteiger partial charge on any atom is -0.305 e. The number of aromatic nitrogens is 1. The number of nitrogens with zero attached hydrogens (tertiary/aromatic N) is 2. The van der Waals surface area contributed by atoms with Gasteiger partial charge >= 0.3 is 0 Å². The van der Waals surface area contributed by atoms with Crippen LogP contribution in [0.1, 0.15) is 19.4 Å². The summed E-state index contributed by atoms with van der Waals surface area (Å²) in [7, 11) is -3.83. The van der Waals surface area contributed by atoms with Crippen LogP contribution in [0.3, 0.4) is 0 Å². The summed E-state index contributed by atoms with van der Waals surface area (Å²) in [6.07, 6.45) is 5.64. The fourth-order valence-electron chi connectivity index (χ4n) is 2.84. The van der Waals surface area contributed by atoms with Crippen LogP contribution in [-0.4, -0.2) is 24.1 Å². The van der Waals surface area contributed by atoms with E-state index in [1.165, 1.54) is 23.5 Å². The normalized spacial score (nSPS) is 12.4. The highest BCUT2D eigenvalue weighted by molar-refractivity contribution is 7.99. The molecular weight excluding hydrogens is 438 g/mol. The van der Waals surface area contributed by atoms with Gasteiger partial charge < -0.3 is 4.57 Å². The van der Waals surface area contributed by atoms with Crippen molar-refractivity contribution < 1.29 is 13.2 Å². The lowest BCUT2D eigenvalue weighted by Gasteiger charge is -2.05. The van der Waals surface area contributed by atoms with Crippen molar-refractivity contribution >= 4 is 49.2 Å². The van der Waals surface area contributed by atoms with Crippen LogP contribution in [-0.2, 0) is 27.8 Å². The monoisotopic (exact) mass is 459 g/mol. The SMILES string of the molecule is C#CCn1c(=NC(=O)Cc2ccc(SC(C)C)cc2)sc2cc(S(N)(=O)=O)ccc21. The first-order chi connectivity index (χ1) is 14.2. The molecule has 0 aliphatic carbocycles. The van der Waals surface area contributed by atoms with E-state index in [4.69, 9.17) is 11.6 Å². The van der Waals surface area contributed by atoms with Gasteiger partial charge in [0.2, 0.25) is 10.0 Å². The number of carbonyl (C=O) groups is 1. The van der Waals surface area contributed by atoms with E-state index in [-0.39, 0.29) is 23.8 Å². The van der Waals surface area contributed by atoms with Gasteiger partial charge in [-0.3, -0.25) is 4.79 Å². The van der Waals surface area contributed by atoms with Gasteiger partial charge in [-0.25, -0.2) is 13.6 Å². The summed E-state index contributed by atoms with van der Waals surface area (Å²) in [6, 6.07) is 12.4. The summed E-state index contributed by atoms with van der Waals surface area (Å²) in [5, 5.41) is 5.70. The number of carbonyl (C=O) groups excluding carboxylic acids is 1. The Morgan fingerprint density at radius 3 is 2.57 bits per heavy atom. The van der Waals surface area contributed by atoms with Crippen LogP contribution in [0, 0.1) is 12.3 Å². The number of primary sulfonamides is 1. The molecule has 156 valence electrons. The molecule has 2 N–H and O–H groups in total. The molecule has 0 saturated carbocycles. The van der Waals surface area contributed by atoms with Crippen LogP contribution < -0.4 is 9.94 Å². The standard InChI is InChI=1S/C21H21N3O3S3/c1-4-11-24-18-10-9-17(30(22,26)27)13-19(18)29-21(24)23-20(25)12-15-5-7-16(8-6-15)28-14(2)3/h1,5-10,13-14H,11-12H2,2-3H3,(H2,22,26,27). The van der Waals surface area contributed by atoms with Gasteiger partial charge in [0.1, 0.15) is 0 Å². The summed E-state index contributed by atoms with van der Waals surface area (Å²) in [4.78, 5) is 18.4. The molecule has 1 aromatic heterocycles. The van der Waals surface area contributed by atoms with Crippen LogP contribution in [0.25, 0.3) is 10.2 Å². The predicted molar refractivity (Wildman–Crippen MR) is 122 cm³/mol. The fraction of sp³-hybridized carbons (Fsp3) is 0.238. The maximum Gasteiger partial charge on any atom is 0.252 e. The van der Waals surface area contributed by atoms with Gasteiger partial charge in [0.15, 0.2) is 4.80 Å². The van der Waals surface area contributed by atoms with Gasteiger partial charge in [-0.15, -0.1) is 18.2 Å². The Kier molecular flexibility index (Phi) is 6.83. The van der Waals surface area contributed by atoms with Crippen LogP contribution in [0.5, 0.6) is 0 Å². The molecule has 6 nitrogen and oxygen atoms in total. The summed E-state index contributed by atoms with van der Waals surface area (Å²) in [5.74, 6) is 2.24. The Hall–Kier alpha value is -2.38. The lowest BCUT2D eigenvalue weighted by Crippen LogP contribution is -2.17. The van der Waals surface area contributed by atoms with Crippen LogP contribution in [0.4, 0.5) is 0 Å². The van der Waals surface area contributed by atoms with Crippen LogP contribution in [0.2, 0.25) is 0 Å². The number of fused-ring (bicyclic) bond motifs is 1. The van der Waals surface area contributed by atoms with Gasteiger partial charge in [0.05, 0.1) is 28.1 Å². The van der Waals surface area contributed by atoms with Gasteiger partial charge in [-0.1, -0.05) is 43.2 Å². The quantitative estimate of drug-likeness (QED) is 0.453. The number of hydrogen-bond donors (Lipinski definition) is 1. The molecule has 9 heteroatoms. The third kappa shape index (κ3) is 5.40. The molecule has 0 fully saturated rings. The molecule has 0 spiro atoms. The summed E-state index contributed by atoms with van der Waals surface area (Å²) in [6.45, 7) is 4.47. The third-order valence-corrected chi connectivity index (χ3v) is 7.07. The maximum absolute atomic E-state index is 12.6. The lowest BCUT2D eigenvalue weighted by atomic mass is 10.1. The Balaban J connectivity index is 1.93. The molecule has 0 atom stereocenters. The summed E-state index contributed by atoms with van der Waals surface area (Å²) < 4.78 is 25.6. The highest BCUT2D eigenvalue weighted by atomic mass is 32.2. The Labute approximate surface area is 183 Å². The van der Waals surface area contributed by atoms with E-state index in [0.717, 1.165) is 10.5 Å². The van der Waals surface area contributed by atoms with Crippen molar-refractivity contribution in [3.63, 3.8) is 0 Å². The minimum absolute atomic E-state index is 0.00124. The summed E-state index contributed by atoms with van der Waals surface area (Å²) >= 11 is 2.96. The van der Waals surface area contributed by atoms with Crippen LogP contribution >= 0.6 is 23.1 Å². The average molecular weight is 460 g/mol. The molecule has 0 unspecified atom stereocenters. The molecule has 30 heavy (non-hydrogen) atoms. The number of nitrogens with two attached hydrogens (primary N) is 1. The van der Waals surface area contributed by atoms with E-state index in [9.17, 15) is 13.2 Å². The predicted octanol–water partition coefficient (Wildman–Crippen LogP) is 3.15. The van der Waals surface area contributed by atoms with Crippen LogP contribution in [0.15, 0.2) is 57.2 Å². The number of amides is 1. The van der Waals surface area contributed by atoms with Crippen molar-refractivity contribution in [3.8, 4) is 12.3 Å². The number of thioether (sulfide) groups is 1. The van der Waals surface area contributed by atoms with Gasteiger partial charge in [0, 0.05) is 10.1 Å². The smallest absolute Gasteiger partial charge is 0.252 e. The Morgan fingerprint density at radius 2 is 1.97 bits per heavy atom. The van der Waals surface area contributed by atoms with Gasteiger partial charge in [0.25, 0.3) is 5.91 Å². The topological polar surface area (TPSA) is 94.5 Å². The molecular formula is C21H21N3O3S3. The van der Waals surface area contributed by atoms with E-state index >= 15 is 0 Å². The molecule has 0 saturated heterocycles. The second kappa shape index (κ2) is 9.18.